The van der Waals surface area contributed by atoms with Crippen molar-refractivity contribution in [1.82, 2.24) is 14.5 Å². The number of piperidine rings is 1. The van der Waals surface area contributed by atoms with Crippen LogP contribution in [0.15, 0.2) is 69.2 Å². The van der Waals surface area contributed by atoms with E-state index in [4.69, 9.17) is 4.99 Å². The fourth-order valence-electron chi connectivity index (χ4n) is 4.28. The van der Waals surface area contributed by atoms with Crippen LogP contribution in [0.4, 0.5) is 0 Å². The van der Waals surface area contributed by atoms with E-state index in [0.29, 0.717) is 11.4 Å². The lowest BCUT2D eigenvalue weighted by atomic mass is 10.0. The average Bonchev–Trinajstić information content (AvgIpc) is 2.77. The maximum absolute atomic E-state index is 12.5. The molecule has 2 N–H and O–H groups in total. The molecule has 0 amide bonds. The van der Waals surface area contributed by atoms with E-state index < -0.39 is 11.2 Å². The van der Waals surface area contributed by atoms with Crippen molar-refractivity contribution in [3.63, 3.8) is 0 Å². The number of aromatic nitrogens is 2. The number of aromatic hydroxyl groups is 1. The predicted octanol–water partition coefficient (Wildman–Crippen LogP) is 3.01. The molecule has 166 valence electrons. The molecular formula is C25H28N4O3. The van der Waals surface area contributed by atoms with Crippen molar-refractivity contribution < 1.29 is 5.11 Å². The Morgan fingerprint density at radius 2 is 1.72 bits per heavy atom. The molecule has 0 radical (unpaired) electrons. The van der Waals surface area contributed by atoms with Gasteiger partial charge in [-0.2, -0.15) is 0 Å². The van der Waals surface area contributed by atoms with E-state index in [1.54, 1.807) is 19.1 Å². The number of nitrogens with one attached hydrogen (secondary N) is 1. The molecule has 1 aliphatic rings. The first-order chi connectivity index (χ1) is 15.4. The van der Waals surface area contributed by atoms with Gasteiger partial charge in [0.05, 0.1) is 17.4 Å². The van der Waals surface area contributed by atoms with Crippen LogP contribution in [0.3, 0.4) is 0 Å². The predicted molar refractivity (Wildman–Crippen MR) is 126 cm³/mol. The molecular weight excluding hydrogens is 404 g/mol. The molecule has 32 heavy (non-hydrogen) atoms. The number of aromatic amines is 1. The van der Waals surface area contributed by atoms with Crippen LogP contribution in [-0.4, -0.2) is 44.4 Å². The molecule has 1 fully saturated rings. The minimum atomic E-state index is -0.674. The van der Waals surface area contributed by atoms with Crippen LogP contribution in [0.2, 0.25) is 0 Å². The molecule has 4 rings (SSSR count). The smallest absolute Gasteiger partial charge is 0.335 e. The van der Waals surface area contributed by atoms with Crippen molar-refractivity contribution in [2.45, 2.75) is 39.3 Å². The number of aryl methyl sites for hydroxylation is 1. The molecule has 1 aliphatic heterocycles. The molecule has 0 bridgehead atoms. The third kappa shape index (κ3) is 4.57. The molecule has 0 saturated carbocycles. The topological polar surface area (TPSA) is 90.7 Å². The zero-order valence-corrected chi connectivity index (χ0v) is 18.4. The average molecular weight is 433 g/mol. The highest BCUT2D eigenvalue weighted by Gasteiger charge is 2.22. The second-order valence-electron chi connectivity index (χ2n) is 8.29. The fourth-order valence-corrected chi connectivity index (χ4v) is 4.28. The third-order valence-corrected chi connectivity index (χ3v) is 5.99. The first-order valence-electron chi connectivity index (χ1n) is 10.9. The first-order valence-corrected chi connectivity index (χ1v) is 10.9. The summed E-state index contributed by atoms with van der Waals surface area (Å²) in [5.41, 5.74) is 1.80. The Balaban J connectivity index is 1.55. The van der Waals surface area contributed by atoms with Crippen LogP contribution in [0.25, 0.3) is 5.69 Å². The quantitative estimate of drug-likeness (QED) is 0.607. The van der Waals surface area contributed by atoms with Crippen molar-refractivity contribution in [2.24, 2.45) is 4.99 Å². The summed E-state index contributed by atoms with van der Waals surface area (Å²) in [7, 11) is 0. The van der Waals surface area contributed by atoms with Crippen LogP contribution < -0.4 is 11.2 Å². The summed E-state index contributed by atoms with van der Waals surface area (Å²) in [5.74, 6) is -0.379. The van der Waals surface area contributed by atoms with E-state index in [1.807, 2.05) is 25.1 Å². The van der Waals surface area contributed by atoms with Gasteiger partial charge in [0.25, 0.3) is 5.56 Å². The van der Waals surface area contributed by atoms with Crippen LogP contribution in [0, 0.1) is 6.92 Å². The number of H-pyrrole nitrogens is 1. The standard InChI is InChI=1S/C25H28N4O3/c1-17-8-6-7-11-21(17)29-24(31)22(23(30)27-25(29)32)18(2)26-20-12-14-28(15-13-20)16-19-9-4-3-5-10-19/h3-11,20,31H,12-16H2,1-2H3,(H,27,30,32). The van der Waals surface area contributed by atoms with Gasteiger partial charge in [0, 0.05) is 19.6 Å². The highest BCUT2D eigenvalue weighted by Crippen LogP contribution is 2.22. The van der Waals surface area contributed by atoms with Crippen molar-refractivity contribution in [2.75, 3.05) is 13.1 Å². The summed E-state index contributed by atoms with van der Waals surface area (Å²) in [6, 6.07) is 17.7. The molecule has 7 heteroatoms. The lowest BCUT2D eigenvalue weighted by Gasteiger charge is -2.30. The molecule has 0 unspecified atom stereocenters. The maximum Gasteiger partial charge on any atom is 0.335 e. The summed E-state index contributed by atoms with van der Waals surface area (Å²) in [4.78, 5) is 34.5. The fraction of sp³-hybridized carbons (Fsp3) is 0.320. The van der Waals surface area contributed by atoms with Gasteiger partial charge in [-0.3, -0.25) is 19.7 Å². The molecule has 7 nitrogen and oxygen atoms in total. The van der Waals surface area contributed by atoms with Gasteiger partial charge in [0.15, 0.2) is 0 Å². The van der Waals surface area contributed by atoms with Gasteiger partial charge >= 0.3 is 5.69 Å². The first kappa shape index (κ1) is 21.8. The zero-order valence-electron chi connectivity index (χ0n) is 18.4. The SMILES string of the molecule is CC(=NC1CCN(Cc2ccccc2)CC1)c1c(O)n(-c2ccccc2C)c(=O)[nH]c1=O. The van der Waals surface area contributed by atoms with Crippen molar-refractivity contribution in [3.8, 4) is 11.6 Å². The molecule has 0 atom stereocenters. The molecule has 3 aromatic rings. The number of benzene rings is 2. The van der Waals surface area contributed by atoms with Gasteiger partial charge in [0.2, 0.25) is 5.88 Å². The maximum atomic E-state index is 12.5. The highest BCUT2D eigenvalue weighted by atomic mass is 16.3. The Kier molecular flexibility index (Phi) is 6.37. The van der Waals surface area contributed by atoms with Crippen LogP contribution >= 0.6 is 0 Å². The third-order valence-electron chi connectivity index (χ3n) is 5.99. The number of rotatable bonds is 5. The van der Waals surface area contributed by atoms with Crippen molar-refractivity contribution in [1.29, 1.82) is 0 Å². The second kappa shape index (κ2) is 9.36. The zero-order chi connectivity index (χ0) is 22.7. The molecule has 1 aromatic heterocycles. The van der Waals surface area contributed by atoms with Gasteiger partial charge in [-0.15, -0.1) is 0 Å². The van der Waals surface area contributed by atoms with Gasteiger partial charge in [0.1, 0.15) is 5.56 Å². The van der Waals surface area contributed by atoms with Gasteiger partial charge in [-0.1, -0.05) is 48.5 Å². The largest absolute Gasteiger partial charge is 0.493 e. The molecule has 0 spiro atoms. The molecule has 0 aliphatic carbocycles. The van der Waals surface area contributed by atoms with Crippen molar-refractivity contribution in [3.05, 3.63) is 92.1 Å². The normalized spacial score (nSPS) is 15.8. The molecule has 1 saturated heterocycles. The number of hydrogen-bond acceptors (Lipinski definition) is 5. The summed E-state index contributed by atoms with van der Waals surface area (Å²) in [5, 5.41) is 10.9. The van der Waals surface area contributed by atoms with E-state index in [-0.39, 0.29) is 17.5 Å². The number of likely N-dealkylation sites (tertiary alicyclic amines) is 1. The Bertz CT molecular complexity index is 1240. The van der Waals surface area contributed by atoms with Gasteiger partial charge < -0.3 is 5.11 Å². The number of nitrogens with zero attached hydrogens (tertiary/aromatic N) is 3. The summed E-state index contributed by atoms with van der Waals surface area (Å²) in [6.07, 6.45) is 1.75. The van der Waals surface area contributed by atoms with E-state index in [0.717, 1.165) is 42.6 Å². The van der Waals surface area contributed by atoms with Crippen molar-refractivity contribution >= 4 is 5.71 Å². The highest BCUT2D eigenvalue weighted by molar-refractivity contribution is 6.00. The summed E-state index contributed by atoms with van der Waals surface area (Å²) < 4.78 is 1.13. The Morgan fingerprint density at radius 1 is 1.06 bits per heavy atom. The second-order valence-corrected chi connectivity index (χ2v) is 8.29. The number of aliphatic imine (C=N–C) groups is 1. The Morgan fingerprint density at radius 3 is 2.41 bits per heavy atom. The van der Waals surface area contributed by atoms with E-state index >= 15 is 0 Å². The Hall–Kier alpha value is -3.45. The minimum Gasteiger partial charge on any atom is -0.493 e. The minimum absolute atomic E-state index is 0.0413. The molecule has 2 aromatic carbocycles. The monoisotopic (exact) mass is 432 g/mol. The van der Waals surface area contributed by atoms with Gasteiger partial charge in [-0.05, 0) is 43.9 Å². The molecule has 2 heterocycles. The van der Waals surface area contributed by atoms with E-state index in [1.165, 1.54) is 5.56 Å². The Labute approximate surface area is 186 Å². The van der Waals surface area contributed by atoms with E-state index in [2.05, 4.69) is 34.1 Å². The van der Waals surface area contributed by atoms with E-state index in [9.17, 15) is 14.7 Å². The lowest BCUT2D eigenvalue weighted by molar-refractivity contribution is 0.206. The summed E-state index contributed by atoms with van der Waals surface area (Å²) in [6.45, 7) is 6.31. The lowest BCUT2D eigenvalue weighted by Crippen LogP contribution is -2.36. The van der Waals surface area contributed by atoms with Crippen LogP contribution in [0.1, 0.15) is 36.5 Å². The van der Waals surface area contributed by atoms with Crippen LogP contribution in [-0.2, 0) is 6.54 Å². The van der Waals surface area contributed by atoms with Gasteiger partial charge in [-0.25, -0.2) is 9.36 Å². The van der Waals surface area contributed by atoms with Crippen LogP contribution in [0.5, 0.6) is 5.88 Å². The summed E-state index contributed by atoms with van der Waals surface area (Å²) >= 11 is 0. The number of hydrogen-bond donors (Lipinski definition) is 2. The number of para-hydroxylation sites is 1.